The summed E-state index contributed by atoms with van der Waals surface area (Å²) in [5, 5.41) is 3.02. The first-order valence-electron chi connectivity index (χ1n) is 6.01. The highest BCUT2D eigenvalue weighted by Gasteiger charge is 2.26. The smallest absolute Gasteiger partial charge is 0.223 e. The summed E-state index contributed by atoms with van der Waals surface area (Å²) in [4.78, 5) is 11.9. The van der Waals surface area contributed by atoms with Crippen molar-refractivity contribution in [2.24, 2.45) is 11.8 Å². The number of carbonyl (C=O) groups excluding carboxylic acids is 1. The molecule has 0 saturated carbocycles. The van der Waals surface area contributed by atoms with E-state index in [0.717, 1.165) is 19.4 Å². The fourth-order valence-corrected chi connectivity index (χ4v) is 2.19. The molecule has 1 amide bonds. The molecule has 1 N–H and O–H groups in total. The van der Waals surface area contributed by atoms with Crippen molar-refractivity contribution in [3.05, 3.63) is 35.4 Å². The Morgan fingerprint density at radius 1 is 1.31 bits per heavy atom. The van der Waals surface area contributed by atoms with Gasteiger partial charge in [0.25, 0.3) is 0 Å². The molecule has 1 aromatic rings. The minimum atomic E-state index is 0.149. The zero-order valence-corrected chi connectivity index (χ0v) is 9.99. The molecule has 1 aromatic carbocycles. The second-order valence-electron chi connectivity index (χ2n) is 5.01. The van der Waals surface area contributed by atoms with Crippen LogP contribution in [0.2, 0.25) is 0 Å². The monoisotopic (exact) mass is 217 g/mol. The van der Waals surface area contributed by atoms with Crippen LogP contribution < -0.4 is 5.32 Å². The Morgan fingerprint density at radius 3 is 2.38 bits per heavy atom. The fraction of sp³-hybridized carbons (Fsp3) is 0.500. The summed E-state index contributed by atoms with van der Waals surface area (Å²) >= 11 is 0. The molecule has 0 heterocycles. The van der Waals surface area contributed by atoms with Crippen LogP contribution in [-0.4, -0.2) is 12.5 Å². The average molecular weight is 217 g/mol. The van der Waals surface area contributed by atoms with Gasteiger partial charge in [0.2, 0.25) is 5.91 Å². The quantitative estimate of drug-likeness (QED) is 0.826. The molecule has 2 nitrogen and oxygen atoms in total. The molecule has 86 valence electrons. The number of amides is 1. The number of carbonyl (C=O) groups is 1. The second kappa shape index (κ2) is 4.69. The van der Waals surface area contributed by atoms with Crippen molar-refractivity contribution < 1.29 is 4.79 Å². The van der Waals surface area contributed by atoms with Crippen LogP contribution in [0.5, 0.6) is 0 Å². The third-order valence-corrected chi connectivity index (χ3v) is 3.11. The largest absolute Gasteiger partial charge is 0.356 e. The summed E-state index contributed by atoms with van der Waals surface area (Å²) in [6, 6.07) is 8.36. The molecule has 0 unspecified atom stereocenters. The van der Waals surface area contributed by atoms with Crippen molar-refractivity contribution in [1.82, 2.24) is 5.32 Å². The van der Waals surface area contributed by atoms with Crippen LogP contribution >= 0.6 is 0 Å². The first-order valence-corrected chi connectivity index (χ1v) is 6.01. The normalized spacial score (nSPS) is 15.2. The molecule has 1 aliphatic carbocycles. The predicted molar refractivity (Wildman–Crippen MR) is 65.2 cm³/mol. The number of hydrogen-bond donors (Lipinski definition) is 1. The third kappa shape index (κ3) is 2.43. The highest BCUT2D eigenvalue weighted by Crippen LogP contribution is 2.26. The van der Waals surface area contributed by atoms with Gasteiger partial charge >= 0.3 is 0 Å². The Kier molecular flexibility index (Phi) is 3.28. The van der Waals surface area contributed by atoms with Crippen LogP contribution in [0.25, 0.3) is 0 Å². The number of hydrogen-bond acceptors (Lipinski definition) is 1. The third-order valence-electron chi connectivity index (χ3n) is 3.11. The van der Waals surface area contributed by atoms with E-state index in [4.69, 9.17) is 0 Å². The van der Waals surface area contributed by atoms with E-state index < -0.39 is 0 Å². The SMILES string of the molecule is CC(C)CNC(=O)C1Cc2ccccc2C1. The summed E-state index contributed by atoms with van der Waals surface area (Å²) in [5.74, 6) is 0.883. The van der Waals surface area contributed by atoms with Crippen LogP contribution in [0, 0.1) is 11.8 Å². The number of nitrogens with one attached hydrogen (secondary N) is 1. The molecular weight excluding hydrogens is 198 g/mol. The topological polar surface area (TPSA) is 29.1 Å². The Balaban J connectivity index is 1.93. The van der Waals surface area contributed by atoms with Crippen molar-refractivity contribution in [3.63, 3.8) is 0 Å². The van der Waals surface area contributed by atoms with E-state index in [1.165, 1.54) is 11.1 Å². The van der Waals surface area contributed by atoms with Gasteiger partial charge in [-0.05, 0) is 29.9 Å². The van der Waals surface area contributed by atoms with Crippen LogP contribution in [0.1, 0.15) is 25.0 Å². The van der Waals surface area contributed by atoms with Gasteiger partial charge in [0.1, 0.15) is 0 Å². The molecule has 0 atom stereocenters. The van der Waals surface area contributed by atoms with E-state index in [-0.39, 0.29) is 11.8 Å². The maximum absolute atomic E-state index is 11.9. The second-order valence-corrected chi connectivity index (χ2v) is 5.01. The molecular formula is C14H19NO. The average Bonchev–Trinajstić information content (AvgIpc) is 2.69. The van der Waals surface area contributed by atoms with Gasteiger partial charge in [0.15, 0.2) is 0 Å². The van der Waals surface area contributed by atoms with E-state index in [1.54, 1.807) is 0 Å². The standard InChI is InChI=1S/C14H19NO/c1-10(2)9-15-14(16)13-7-11-5-3-4-6-12(11)8-13/h3-6,10,13H,7-9H2,1-2H3,(H,15,16). The van der Waals surface area contributed by atoms with Gasteiger partial charge in [0, 0.05) is 12.5 Å². The van der Waals surface area contributed by atoms with Crippen LogP contribution in [-0.2, 0) is 17.6 Å². The summed E-state index contributed by atoms with van der Waals surface area (Å²) in [7, 11) is 0. The molecule has 1 aliphatic rings. The molecule has 0 fully saturated rings. The lowest BCUT2D eigenvalue weighted by Gasteiger charge is -2.11. The van der Waals surface area contributed by atoms with Crippen molar-refractivity contribution in [1.29, 1.82) is 0 Å². The molecule has 2 heteroatoms. The zero-order chi connectivity index (χ0) is 11.5. The summed E-state index contributed by atoms with van der Waals surface area (Å²) in [6.07, 6.45) is 1.81. The molecule has 0 saturated heterocycles. The number of rotatable bonds is 3. The van der Waals surface area contributed by atoms with Crippen molar-refractivity contribution in [3.8, 4) is 0 Å². The lowest BCUT2D eigenvalue weighted by molar-refractivity contribution is -0.124. The maximum Gasteiger partial charge on any atom is 0.223 e. The molecule has 0 bridgehead atoms. The zero-order valence-electron chi connectivity index (χ0n) is 9.99. The summed E-state index contributed by atoms with van der Waals surface area (Å²) in [6.45, 7) is 5.01. The predicted octanol–water partition coefficient (Wildman–Crippen LogP) is 2.17. The first kappa shape index (κ1) is 11.2. The van der Waals surface area contributed by atoms with E-state index >= 15 is 0 Å². The Hall–Kier alpha value is -1.31. The van der Waals surface area contributed by atoms with Gasteiger partial charge in [-0.1, -0.05) is 38.1 Å². The van der Waals surface area contributed by atoms with Crippen molar-refractivity contribution in [2.45, 2.75) is 26.7 Å². The number of benzene rings is 1. The van der Waals surface area contributed by atoms with Gasteiger partial charge in [-0.3, -0.25) is 4.79 Å². The van der Waals surface area contributed by atoms with Gasteiger partial charge in [-0.2, -0.15) is 0 Å². The lowest BCUT2D eigenvalue weighted by Crippen LogP contribution is -2.33. The fourth-order valence-electron chi connectivity index (χ4n) is 2.19. The van der Waals surface area contributed by atoms with Crippen LogP contribution in [0.15, 0.2) is 24.3 Å². The minimum Gasteiger partial charge on any atom is -0.356 e. The maximum atomic E-state index is 11.9. The molecule has 0 aliphatic heterocycles. The van der Waals surface area contributed by atoms with Gasteiger partial charge in [0.05, 0.1) is 0 Å². The highest BCUT2D eigenvalue weighted by molar-refractivity contribution is 5.80. The summed E-state index contributed by atoms with van der Waals surface area (Å²) < 4.78 is 0. The molecule has 2 rings (SSSR count). The highest BCUT2D eigenvalue weighted by atomic mass is 16.1. The number of fused-ring (bicyclic) bond motifs is 1. The van der Waals surface area contributed by atoms with E-state index in [0.29, 0.717) is 5.92 Å². The van der Waals surface area contributed by atoms with Crippen molar-refractivity contribution >= 4 is 5.91 Å². The Morgan fingerprint density at radius 2 is 1.88 bits per heavy atom. The van der Waals surface area contributed by atoms with E-state index in [1.807, 2.05) is 12.1 Å². The van der Waals surface area contributed by atoms with Gasteiger partial charge < -0.3 is 5.32 Å². The lowest BCUT2D eigenvalue weighted by atomic mass is 10.1. The van der Waals surface area contributed by atoms with E-state index in [2.05, 4.69) is 31.3 Å². The van der Waals surface area contributed by atoms with Crippen molar-refractivity contribution in [2.75, 3.05) is 6.54 Å². The molecule has 0 aromatic heterocycles. The van der Waals surface area contributed by atoms with E-state index in [9.17, 15) is 4.79 Å². The van der Waals surface area contributed by atoms with Crippen LogP contribution in [0.3, 0.4) is 0 Å². The molecule has 0 radical (unpaired) electrons. The van der Waals surface area contributed by atoms with Gasteiger partial charge in [-0.25, -0.2) is 0 Å². The van der Waals surface area contributed by atoms with Gasteiger partial charge in [-0.15, -0.1) is 0 Å². The van der Waals surface area contributed by atoms with Crippen LogP contribution in [0.4, 0.5) is 0 Å². The molecule has 16 heavy (non-hydrogen) atoms. The summed E-state index contributed by atoms with van der Waals surface area (Å²) in [5.41, 5.74) is 2.68. The Bertz CT molecular complexity index is 359. The molecule has 0 spiro atoms. The first-order chi connectivity index (χ1) is 7.66. The Labute approximate surface area is 97.1 Å². The minimum absolute atomic E-state index is 0.149.